The highest BCUT2D eigenvalue weighted by Crippen LogP contribution is 2.22. The minimum absolute atomic E-state index is 0.0258. The summed E-state index contributed by atoms with van der Waals surface area (Å²) in [5, 5.41) is 18.0. The van der Waals surface area contributed by atoms with Crippen molar-refractivity contribution in [3.05, 3.63) is 42.0 Å². The fourth-order valence-corrected chi connectivity index (χ4v) is 1.75. The normalized spacial score (nSPS) is 9.61. The summed E-state index contributed by atoms with van der Waals surface area (Å²) in [5.74, 6) is -0.0681. The third-order valence-corrected chi connectivity index (χ3v) is 2.57. The van der Waals surface area contributed by atoms with Crippen LogP contribution in [0.25, 0.3) is 0 Å². The Labute approximate surface area is 107 Å². The number of carbonyl (C=O) groups excluding carboxylic acids is 1. The Bertz CT molecular complexity index is 489. The van der Waals surface area contributed by atoms with Gasteiger partial charge in [-0.05, 0) is 25.1 Å². The van der Waals surface area contributed by atoms with Gasteiger partial charge in [0.05, 0.1) is 18.2 Å². The molecular weight excluding hydrogens is 228 g/mol. The molecule has 1 aromatic rings. The molecule has 0 aromatic heterocycles. The van der Waals surface area contributed by atoms with Crippen LogP contribution in [0.1, 0.15) is 22.8 Å². The summed E-state index contributed by atoms with van der Waals surface area (Å²) in [4.78, 5) is 13.4. The molecule has 0 bridgehead atoms. The Morgan fingerprint density at radius 3 is 2.83 bits per heavy atom. The minimum atomic E-state index is -0.0681. The Morgan fingerprint density at radius 2 is 2.33 bits per heavy atom. The first-order valence-electron chi connectivity index (χ1n) is 5.65. The summed E-state index contributed by atoms with van der Waals surface area (Å²) in [5.41, 5.74) is 1.70. The molecule has 0 aliphatic rings. The molecule has 0 aliphatic heterocycles. The van der Waals surface area contributed by atoms with E-state index in [1.165, 1.54) is 6.92 Å². The number of hydrogen-bond acceptors (Lipinski definition) is 4. The molecule has 0 amide bonds. The summed E-state index contributed by atoms with van der Waals surface area (Å²) in [6, 6.07) is 6.97. The molecule has 0 unspecified atom stereocenters. The summed E-state index contributed by atoms with van der Waals surface area (Å²) in [6.07, 6.45) is 1.69. The molecule has 0 heterocycles. The summed E-state index contributed by atoms with van der Waals surface area (Å²) in [7, 11) is 0. The number of aliphatic hydroxyl groups is 1. The average Bonchev–Trinajstić information content (AvgIpc) is 2.37. The molecule has 0 radical (unpaired) electrons. The predicted molar refractivity (Wildman–Crippen MR) is 70.7 cm³/mol. The molecule has 1 N–H and O–H groups in total. The average molecular weight is 244 g/mol. The SMILES string of the molecule is C=CCN(CCO)c1cc(C#N)ccc1C(C)=O. The van der Waals surface area contributed by atoms with Crippen LogP contribution in [0.2, 0.25) is 0 Å². The van der Waals surface area contributed by atoms with Crippen molar-refractivity contribution in [2.75, 3.05) is 24.6 Å². The van der Waals surface area contributed by atoms with Crippen LogP contribution in [0.15, 0.2) is 30.9 Å². The molecule has 0 atom stereocenters. The first-order chi connectivity index (χ1) is 8.63. The molecule has 1 aromatic carbocycles. The van der Waals surface area contributed by atoms with Gasteiger partial charge in [0.25, 0.3) is 0 Å². The lowest BCUT2D eigenvalue weighted by Gasteiger charge is -2.24. The zero-order valence-corrected chi connectivity index (χ0v) is 10.4. The van der Waals surface area contributed by atoms with Gasteiger partial charge in [0.1, 0.15) is 0 Å². The molecule has 0 saturated carbocycles. The van der Waals surface area contributed by atoms with Gasteiger partial charge in [-0.1, -0.05) is 6.08 Å². The topological polar surface area (TPSA) is 64.3 Å². The number of nitrogens with zero attached hydrogens (tertiary/aromatic N) is 2. The second-order valence-electron chi connectivity index (χ2n) is 3.86. The quantitative estimate of drug-likeness (QED) is 0.611. The van der Waals surface area contributed by atoms with E-state index in [1.807, 2.05) is 11.0 Å². The lowest BCUT2D eigenvalue weighted by molar-refractivity contribution is 0.101. The number of benzene rings is 1. The fourth-order valence-electron chi connectivity index (χ4n) is 1.75. The van der Waals surface area contributed by atoms with Gasteiger partial charge in [-0.25, -0.2) is 0 Å². The van der Waals surface area contributed by atoms with Crippen molar-refractivity contribution in [3.8, 4) is 6.07 Å². The van der Waals surface area contributed by atoms with E-state index in [4.69, 9.17) is 10.4 Å². The number of rotatable bonds is 6. The molecule has 0 aliphatic carbocycles. The van der Waals surface area contributed by atoms with Crippen LogP contribution in [0.4, 0.5) is 5.69 Å². The maximum Gasteiger partial charge on any atom is 0.161 e. The van der Waals surface area contributed by atoms with E-state index in [1.54, 1.807) is 24.3 Å². The molecule has 4 heteroatoms. The van der Waals surface area contributed by atoms with Gasteiger partial charge in [-0.15, -0.1) is 6.58 Å². The van der Waals surface area contributed by atoms with Crippen molar-refractivity contribution in [3.63, 3.8) is 0 Å². The zero-order valence-electron chi connectivity index (χ0n) is 10.4. The van der Waals surface area contributed by atoms with Crippen LogP contribution in [0.3, 0.4) is 0 Å². The second kappa shape index (κ2) is 6.58. The molecule has 1 rings (SSSR count). The van der Waals surface area contributed by atoms with Crippen LogP contribution in [-0.2, 0) is 0 Å². The number of nitriles is 1. The molecule has 0 spiro atoms. The van der Waals surface area contributed by atoms with Crippen molar-refractivity contribution >= 4 is 11.5 Å². The largest absolute Gasteiger partial charge is 0.395 e. The Hall–Kier alpha value is -2.12. The standard InChI is InChI=1S/C14H16N2O2/c1-3-6-16(7-8-17)14-9-12(10-15)4-5-13(14)11(2)18/h3-5,9,17H,1,6-8H2,2H3. The van der Waals surface area contributed by atoms with E-state index < -0.39 is 0 Å². The fraction of sp³-hybridized carbons (Fsp3) is 0.286. The van der Waals surface area contributed by atoms with Gasteiger partial charge < -0.3 is 10.0 Å². The highest BCUT2D eigenvalue weighted by Gasteiger charge is 2.13. The number of Topliss-reactive ketones (excluding diaryl/α,β-unsaturated/α-hetero) is 1. The molecular formula is C14H16N2O2. The monoisotopic (exact) mass is 244 g/mol. The van der Waals surface area contributed by atoms with E-state index >= 15 is 0 Å². The third-order valence-electron chi connectivity index (χ3n) is 2.57. The minimum Gasteiger partial charge on any atom is -0.395 e. The summed E-state index contributed by atoms with van der Waals surface area (Å²) < 4.78 is 0. The van der Waals surface area contributed by atoms with E-state index in [0.717, 1.165) is 0 Å². The summed E-state index contributed by atoms with van der Waals surface area (Å²) >= 11 is 0. The number of carbonyl (C=O) groups is 1. The van der Waals surface area contributed by atoms with Gasteiger partial charge in [-0.3, -0.25) is 4.79 Å². The lowest BCUT2D eigenvalue weighted by Crippen LogP contribution is -2.28. The van der Waals surface area contributed by atoms with Crippen LogP contribution >= 0.6 is 0 Å². The maximum atomic E-state index is 11.6. The zero-order chi connectivity index (χ0) is 13.5. The van der Waals surface area contributed by atoms with E-state index in [0.29, 0.717) is 29.9 Å². The number of aliphatic hydroxyl groups excluding tert-OH is 1. The second-order valence-corrected chi connectivity index (χ2v) is 3.86. The predicted octanol–water partition coefficient (Wildman–Crippen LogP) is 1.75. The van der Waals surface area contributed by atoms with Crippen molar-refractivity contribution in [2.24, 2.45) is 0 Å². The lowest BCUT2D eigenvalue weighted by atomic mass is 10.1. The van der Waals surface area contributed by atoms with Gasteiger partial charge >= 0.3 is 0 Å². The number of hydrogen-bond donors (Lipinski definition) is 1. The van der Waals surface area contributed by atoms with Crippen LogP contribution in [-0.4, -0.2) is 30.6 Å². The van der Waals surface area contributed by atoms with E-state index in [-0.39, 0.29) is 12.4 Å². The smallest absolute Gasteiger partial charge is 0.161 e. The van der Waals surface area contributed by atoms with Crippen molar-refractivity contribution < 1.29 is 9.90 Å². The molecule has 0 saturated heterocycles. The van der Waals surface area contributed by atoms with Crippen LogP contribution < -0.4 is 4.90 Å². The van der Waals surface area contributed by atoms with Gasteiger partial charge in [0.15, 0.2) is 5.78 Å². The van der Waals surface area contributed by atoms with Crippen LogP contribution in [0, 0.1) is 11.3 Å². The Kier molecular flexibility index (Phi) is 5.09. The van der Waals surface area contributed by atoms with Gasteiger partial charge in [-0.2, -0.15) is 5.26 Å². The highest BCUT2D eigenvalue weighted by atomic mass is 16.3. The Morgan fingerprint density at radius 1 is 1.61 bits per heavy atom. The van der Waals surface area contributed by atoms with E-state index in [9.17, 15) is 4.79 Å². The third kappa shape index (κ3) is 3.19. The van der Waals surface area contributed by atoms with Crippen molar-refractivity contribution in [2.45, 2.75) is 6.92 Å². The first kappa shape index (κ1) is 13.9. The van der Waals surface area contributed by atoms with Crippen molar-refractivity contribution in [1.82, 2.24) is 0 Å². The number of ketones is 1. The summed E-state index contributed by atoms with van der Waals surface area (Å²) in [6.45, 7) is 6.01. The van der Waals surface area contributed by atoms with Crippen molar-refractivity contribution in [1.29, 1.82) is 5.26 Å². The molecule has 4 nitrogen and oxygen atoms in total. The first-order valence-corrected chi connectivity index (χ1v) is 5.65. The van der Waals surface area contributed by atoms with Gasteiger partial charge in [0, 0.05) is 24.3 Å². The molecule has 0 fully saturated rings. The maximum absolute atomic E-state index is 11.6. The highest BCUT2D eigenvalue weighted by molar-refractivity contribution is 6.00. The Balaban J connectivity index is 3.27. The molecule has 94 valence electrons. The van der Waals surface area contributed by atoms with Gasteiger partial charge in [0.2, 0.25) is 0 Å². The number of anilines is 1. The van der Waals surface area contributed by atoms with E-state index in [2.05, 4.69) is 6.58 Å². The molecule has 18 heavy (non-hydrogen) atoms. The van der Waals surface area contributed by atoms with Crippen LogP contribution in [0.5, 0.6) is 0 Å².